The van der Waals surface area contributed by atoms with Gasteiger partial charge in [0.2, 0.25) is 0 Å². The lowest BCUT2D eigenvalue weighted by molar-refractivity contribution is -0.0510. The molecule has 0 bridgehead atoms. The monoisotopic (exact) mass is 362 g/mol. The van der Waals surface area contributed by atoms with Crippen molar-refractivity contribution in [1.29, 1.82) is 0 Å². The van der Waals surface area contributed by atoms with E-state index < -0.39 is 15.6 Å². The molecule has 1 N–H and O–H groups in total. The molecule has 22 heavy (non-hydrogen) atoms. The Kier molecular flexibility index (Phi) is 8.02. The lowest BCUT2D eigenvalue weighted by Gasteiger charge is -2.31. The minimum absolute atomic E-state index is 0.510. The summed E-state index contributed by atoms with van der Waals surface area (Å²) in [5.41, 5.74) is -5.53. The summed E-state index contributed by atoms with van der Waals surface area (Å²) in [6.45, 7) is 0. The Morgan fingerprint density at radius 2 is 1.14 bits per heavy atom. The van der Waals surface area contributed by atoms with Gasteiger partial charge >= 0.3 is 15.6 Å². The summed E-state index contributed by atoms with van der Waals surface area (Å²) in [5, 5.41) is 0. The van der Waals surface area contributed by atoms with E-state index in [9.17, 15) is 13.2 Å². The number of hydrogen-bond donors (Lipinski definition) is 1. The summed E-state index contributed by atoms with van der Waals surface area (Å²) in [5.74, 6) is 1.71. The van der Waals surface area contributed by atoms with Gasteiger partial charge in [0.25, 0.3) is 6.13 Å². The summed E-state index contributed by atoms with van der Waals surface area (Å²) in [6, 6.07) is 0. The van der Waals surface area contributed by atoms with Gasteiger partial charge in [-0.05, 0) is 11.6 Å². The van der Waals surface area contributed by atoms with E-state index in [0.29, 0.717) is 6.13 Å². The molecule has 3 nitrogen and oxygen atoms in total. The van der Waals surface area contributed by atoms with Gasteiger partial charge in [-0.15, -0.1) is 0 Å². The Morgan fingerprint density at radius 3 is 1.36 bits per heavy atom. The number of alkyl halides is 3. The molecule has 0 aliphatic heterocycles. The highest BCUT2D eigenvalue weighted by Crippen LogP contribution is 2.42. The Labute approximate surface area is 135 Å². The molecule has 0 amide bonds. The molecular formula is C13H23BClF3O3S. The minimum Gasteiger partial charge on any atom is -0.279 e. The summed E-state index contributed by atoms with van der Waals surface area (Å²) in [7, 11) is -5.84. The fraction of sp³-hybridized carbons (Fsp3) is 1.00. The van der Waals surface area contributed by atoms with Crippen LogP contribution in [0.25, 0.3) is 0 Å². The molecule has 2 saturated carbocycles. The van der Waals surface area contributed by atoms with Crippen LogP contribution < -0.4 is 0 Å². The highest BCUT2D eigenvalue weighted by atomic mass is 35.5. The molecule has 130 valence electrons. The molecule has 0 spiro atoms. The van der Waals surface area contributed by atoms with Crippen LogP contribution in [-0.2, 0) is 10.1 Å². The Balaban J connectivity index is 0.000000261. The van der Waals surface area contributed by atoms with E-state index in [1.165, 1.54) is 64.2 Å². The van der Waals surface area contributed by atoms with Gasteiger partial charge in [0.15, 0.2) is 0 Å². The maximum atomic E-state index is 10.7. The van der Waals surface area contributed by atoms with Crippen molar-refractivity contribution in [1.82, 2.24) is 0 Å². The summed E-state index contributed by atoms with van der Waals surface area (Å²) >= 11 is 6.64. The number of hydrogen-bond acceptors (Lipinski definition) is 2. The zero-order valence-electron chi connectivity index (χ0n) is 12.5. The smallest absolute Gasteiger partial charge is 0.279 e. The summed E-state index contributed by atoms with van der Waals surface area (Å²) in [6.07, 6.45) is 14.8. The van der Waals surface area contributed by atoms with Crippen molar-refractivity contribution >= 4 is 27.7 Å². The maximum Gasteiger partial charge on any atom is 0.522 e. The highest BCUT2D eigenvalue weighted by Gasteiger charge is 2.44. The highest BCUT2D eigenvalue weighted by molar-refractivity contribution is 7.86. The van der Waals surface area contributed by atoms with Crippen molar-refractivity contribution in [3.05, 3.63) is 0 Å². The molecule has 0 radical (unpaired) electrons. The molecule has 0 saturated heterocycles. The first-order valence-electron chi connectivity index (χ1n) is 7.80. The topological polar surface area (TPSA) is 54.4 Å². The average molecular weight is 363 g/mol. The van der Waals surface area contributed by atoms with Crippen LogP contribution in [-0.4, -0.2) is 24.6 Å². The minimum atomic E-state index is -5.84. The van der Waals surface area contributed by atoms with Crippen LogP contribution >= 0.6 is 11.5 Å². The van der Waals surface area contributed by atoms with Gasteiger partial charge in [-0.2, -0.15) is 33.0 Å². The van der Waals surface area contributed by atoms with Crippen LogP contribution in [0.5, 0.6) is 0 Å². The maximum absolute atomic E-state index is 10.7. The van der Waals surface area contributed by atoms with Gasteiger partial charge in [0.05, 0.1) is 0 Å². The average Bonchev–Trinajstić information content (AvgIpc) is 2.47. The molecule has 0 atom stereocenters. The van der Waals surface area contributed by atoms with E-state index in [1.54, 1.807) is 0 Å². The van der Waals surface area contributed by atoms with E-state index in [1.807, 2.05) is 0 Å². The van der Waals surface area contributed by atoms with Gasteiger partial charge in [0, 0.05) is 0 Å². The lowest BCUT2D eigenvalue weighted by Crippen LogP contribution is -2.24. The first-order valence-corrected chi connectivity index (χ1v) is 9.68. The third kappa shape index (κ3) is 6.66. The predicted octanol–water partition coefficient (Wildman–Crippen LogP) is 5.28. The van der Waals surface area contributed by atoms with Gasteiger partial charge < -0.3 is 0 Å². The van der Waals surface area contributed by atoms with Gasteiger partial charge in [-0.25, -0.2) is 0 Å². The van der Waals surface area contributed by atoms with Crippen molar-refractivity contribution in [2.45, 2.75) is 81.4 Å². The van der Waals surface area contributed by atoms with E-state index >= 15 is 0 Å². The molecule has 0 unspecified atom stereocenters. The van der Waals surface area contributed by atoms with Crippen LogP contribution in [0, 0.1) is 0 Å². The van der Waals surface area contributed by atoms with Crippen molar-refractivity contribution in [2.75, 3.05) is 0 Å². The van der Waals surface area contributed by atoms with Crippen LogP contribution in [0.15, 0.2) is 0 Å². The van der Waals surface area contributed by atoms with Crippen molar-refractivity contribution in [2.24, 2.45) is 0 Å². The molecule has 9 heteroatoms. The van der Waals surface area contributed by atoms with E-state index in [4.69, 9.17) is 24.4 Å². The molecule has 2 fully saturated rings. The zero-order valence-corrected chi connectivity index (χ0v) is 14.1. The molecule has 2 rings (SSSR count). The third-order valence-electron chi connectivity index (χ3n) is 4.49. The fourth-order valence-electron chi connectivity index (χ4n) is 3.29. The van der Waals surface area contributed by atoms with Crippen LogP contribution in [0.4, 0.5) is 13.2 Å². The second-order valence-electron chi connectivity index (χ2n) is 6.16. The SMILES string of the molecule is ClB(C1CCCCC1)C1CCCCC1.O=S(=O)(O)C(F)(F)F. The first-order chi connectivity index (χ1) is 10.1. The van der Waals surface area contributed by atoms with Gasteiger partial charge in [0.1, 0.15) is 0 Å². The first kappa shape index (κ1) is 20.1. The Hall–Kier alpha value is 0.0549. The van der Waals surface area contributed by atoms with Gasteiger partial charge in [-0.1, -0.05) is 64.2 Å². The molecule has 0 aromatic rings. The number of rotatable bonds is 2. The Bertz CT molecular complexity index is 401. The number of halogens is 4. The molecule has 0 aromatic heterocycles. The van der Waals surface area contributed by atoms with Crippen LogP contribution in [0.3, 0.4) is 0 Å². The third-order valence-corrected chi connectivity index (χ3v) is 5.79. The van der Waals surface area contributed by atoms with Crippen molar-refractivity contribution in [3.8, 4) is 0 Å². The fourth-order valence-corrected chi connectivity index (χ4v) is 3.79. The van der Waals surface area contributed by atoms with Crippen LogP contribution in [0.1, 0.15) is 64.2 Å². The normalized spacial score (nSPS) is 21.9. The molecular weight excluding hydrogens is 339 g/mol. The summed E-state index contributed by atoms with van der Waals surface area (Å²) < 4.78 is 57.5. The largest absolute Gasteiger partial charge is 0.522 e. The van der Waals surface area contributed by atoms with E-state index in [0.717, 1.165) is 11.6 Å². The van der Waals surface area contributed by atoms with Crippen molar-refractivity contribution < 1.29 is 26.1 Å². The van der Waals surface area contributed by atoms with E-state index in [-0.39, 0.29) is 0 Å². The second kappa shape index (κ2) is 8.78. The molecule has 2 aliphatic rings. The summed E-state index contributed by atoms with van der Waals surface area (Å²) in [4.78, 5) is 0. The van der Waals surface area contributed by atoms with Crippen LogP contribution in [0.2, 0.25) is 11.6 Å². The molecule has 0 aromatic carbocycles. The standard InChI is InChI=1S/C12H22BCl.CHF3O3S/c14-13(11-7-3-1-4-8-11)12-9-5-2-6-10-12;2-1(3,4)8(5,6)7/h11-12H,1-10H2;(H,5,6,7). The van der Waals surface area contributed by atoms with E-state index in [2.05, 4.69) is 0 Å². The quantitative estimate of drug-likeness (QED) is 0.413. The zero-order chi connectivity index (χ0) is 16.8. The van der Waals surface area contributed by atoms with Gasteiger partial charge in [-0.3, -0.25) is 4.55 Å². The molecule has 0 heterocycles. The predicted molar refractivity (Wildman–Crippen MR) is 82.9 cm³/mol. The van der Waals surface area contributed by atoms with Crippen molar-refractivity contribution in [3.63, 3.8) is 0 Å². The molecule has 2 aliphatic carbocycles. The Morgan fingerprint density at radius 1 is 0.864 bits per heavy atom. The lowest BCUT2D eigenvalue weighted by atomic mass is 9.47. The second-order valence-corrected chi connectivity index (χ2v) is 8.08.